The molecule has 0 spiro atoms. The van der Waals surface area contributed by atoms with Crippen LogP contribution in [0, 0.1) is 23.0 Å². The molecule has 2 heterocycles. The number of fused-ring (bicyclic) bond motifs is 2. The van der Waals surface area contributed by atoms with Crippen LogP contribution in [0.3, 0.4) is 0 Å². The Morgan fingerprint density at radius 2 is 1.74 bits per heavy atom. The van der Waals surface area contributed by atoms with Gasteiger partial charge in [0.15, 0.2) is 0 Å². The molecule has 2 saturated heterocycles. The summed E-state index contributed by atoms with van der Waals surface area (Å²) in [5.41, 5.74) is -0.164. The molecule has 0 aliphatic carbocycles. The molecule has 3 atom stereocenters. The lowest BCUT2D eigenvalue weighted by Gasteiger charge is -2.46. The van der Waals surface area contributed by atoms with Crippen molar-refractivity contribution in [3.8, 4) is 0 Å². The predicted molar refractivity (Wildman–Crippen MR) is 85.0 cm³/mol. The fourth-order valence-electron chi connectivity index (χ4n) is 4.98. The highest BCUT2D eigenvalue weighted by Gasteiger charge is 2.70. The van der Waals surface area contributed by atoms with E-state index in [-0.39, 0.29) is 29.3 Å². The van der Waals surface area contributed by atoms with E-state index in [1.54, 1.807) is 0 Å². The Labute approximate surface area is 137 Å². The minimum Gasteiger partial charge on any atom is -0.370 e. The lowest BCUT2D eigenvalue weighted by molar-refractivity contribution is -0.0974. The zero-order valence-corrected chi connectivity index (χ0v) is 14.6. The van der Waals surface area contributed by atoms with Crippen molar-refractivity contribution in [3.63, 3.8) is 0 Å². The summed E-state index contributed by atoms with van der Waals surface area (Å²) in [5.74, 6) is -0.756. The highest BCUT2D eigenvalue weighted by Crippen LogP contribution is 2.64. The minimum atomic E-state index is -0.572. The van der Waals surface area contributed by atoms with E-state index in [1.165, 1.54) is 12.1 Å². The van der Waals surface area contributed by atoms with Gasteiger partial charge in [-0.2, -0.15) is 0 Å². The molecule has 3 rings (SSSR count). The third kappa shape index (κ3) is 2.42. The van der Waals surface area contributed by atoms with Gasteiger partial charge in [-0.05, 0) is 43.4 Å². The highest BCUT2D eigenvalue weighted by molar-refractivity contribution is 5.21. The van der Waals surface area contributed by atoms with Crippen LogP contribution in [-0.2, 0) is 16.1 Å². The van der Waals surface area contributed by atoms with Crippen molar-refractivity contribution in [2.45, 2.75) is 71.4 Å². The van der Waals surface area contributed by atoms with E-state index in [0.29, 0.717) is 11.5 Å². The van der Waals surface area contributed by atoms with Crippen LogP contribution in [0.4, 0.5) is 8.78 Å². The van der Waals surface area contributed by atoms with E-state index >= 15 is 0 Å². The first kappa shape index (κ1) is 16.8. The summed E-state index contributed by atoms with van der Waals surface area (Å²) >= 11 is 0. The second kappa shape index (κ2) is 5.25. The summed E-state index contributed by atoms with van der Waals surface area (Å²) in [6.07, 6.45) is 1.89. The van der Waals surface area contributed by atoms with Crippen molar-refractivity contribution in [1.82, 2.24) is 0 Å². The molecule has 2 aliphatic heterocycles. The van der Waals surface area contributed by atoms with Crippen LogP contribution in [0.15, 0.2) is 18.2 Å². The van der Waals surface area contributed by atoms with Crippen LogP contribution in [-0.4, -0.2) is 17.3 Å². The predicted octanol–water partition coefficient (Wildman–Crippen LogP) is 4.85. The zero-order chi connectivity index (χ0) is 17.0. The molecule has 0 amide bonds. The molecule has 128 valence electrons. The van der Waals surface area contributed by atoms with Crippen molar-refractivity contribution < 1.29 is 18.3 Å². The second-order valence-electron chi connectivity index (χ2n) is 8.15. The molecule has 0 unspecified atom stereocenters. The first-order valence-corrected chi connectivity index (χ1v) is 8.37. The second-order valence-corrected chi connectivity index (χ2v) is 8.15. The van der Waals surface area contributed by atoms with E-state index in [1.807, 2.05) is 0 Å². The third-order valence-electron chi connectivity index (χ3n) is 5.98. The Morgan fingerprint density at radius 1 is 1.13 bits per heavy atom. The molecule has 1 aromatic rings. The van der Waals surface area contributed by atoms with Gasteiger partial charge in [0.25, 0.3) is 0 Å². The van der Waals surface area contributed by atoms with Crippen LogP contribution in [0.25, 0.3) is 0 Å². The van der Waals surface area contributed by atoms with Crippen LogP contribution in [0.1, 0.15) is 53.0 Å². The van der Waals surface area contributed by atoms with E-state index in [2.05, 4.69) is 34.6 Å². The summed E-state index contributed by atoms with van der Waals surface area (Å²) in [7, 11) is 0. The number of rotatable bonds is 4. The first-order chi connectivity index (χ1) is 10.6. The molecule has 2 fully saturated rings. The van der Waals surface area contributed by atoms with Crippen LogP contribution < -0.4 is 0 Å². The van der Waals surface area contributed by atoms with Gasteiger partial charge in [-0.25, -0.2) is 8.78 Å². The zero-order valence-electron chi connectivity index (χ0n) is 14.6. The van der Waals surface area contributed by atoms with Gasteiger partial charge in [-0.15, -0.1) is 0 Å². The number of hydrogen-bond donors (Lipinski definition) is 0. The molecule has 2 nitrogen and oxygen atoms in total. The van der Waals surface area contributed by atoms with Gasteiger partial charge in [0.2, 0.25) is 0 Å². The molecule has 0 N–H and O–H groups in total. The monoisotopic (exact) mass is 324 g/mol. The lowest BCUT2D eigenvalue weighted by Crippen LogP contribution is -2.53. The summed E-state index contributed by atoms with van der Waals surface area (Å²) in [4.78, 5) is 0. The van der Waals surface area contributed by atoms with Crippen LogP contribution in [0.5, 0.6) is 0 Å². The smallest absolute Gasteiger partial charge is 0.126 e. The number of halogens is 2. The van der Waals surface area contributed by atoms with Gasteiger partial charge in [0.05, 0.1) is 23.9 Å². The molecule has 23 heavy (non-hydrogen) atoms. The Kier molecular flexibility index (Phi) is 3.84. The highest BCUT2D eigenvalue weighted by atomic mass is 19.1. The maximum atomic E-state index is 13.4. The molecule has 0 aromatic heterocycles. The van der Waals surface area contributed by atoms with Gasteiger partial charge in [0, 0.05) is 11.5 Å². The third-order valence-corrected chi connectivity index (χ3v) is 5.98. The quantitative estimate of drug-likeness (QED) is 0.788. The van der Waals surface area contributed by atoms with E-state index in [0.717, 1.165) is 18.9 Å². The summed E-state index contributed by atoms with van der Waals surface area (Å²) in [6, 6.07) is 3.53. The van der Waals surface area contributed by atoms with Crippen LogP contribution in [0.2, 0.25) is 0 Å². The van der Waals surface area contributed by atoms with Gasteiger partial charge in [0.1, 0.15) is 11.6 Å². The average molecular weight is 324 g/mol. The molecule has 1 aromatic carbocycles. The molecule has 0 radical (unpaired) electrons. The Balaban J connectivity index is 1.83. The molecular weight excluding hydrogens is 298 g/mol. The standard InChI is InChI=1S/C19H26F2O2/c1-12(2)19-7-6-18(5,23-19)16(17(19,3)4)22-11-13-8-14(20)10-15(21)9-13/h8-10,12,16H,6-7,11H2,1-5H3/t16-,18+,19+/m0/s1. The molecular formula is C19H26F2O2. The van der Waals surface area contributed by atoms with Gasteiger partial charge in [-0.3, -0.25) is 0 Å². The number of ether oxygens (including phenoxy) is 2. The fraction of sp³-hybridized carbons (Fsp3) is 0.684. The lowest BCUT2D eigenvalue weighted by atomic mass is 9.59. The maximum Gasteiger partial charge on any atom is 0.126 e. The van der Waals surface area contributed by atoms with Crippen molar-refractivity contribution >= 4 is 0 Å². The maximum absolute atomic E-state index is 13.4. The van der Waals surface area contributed by atoms with Crippen molar-refractivity contribution in [3.05, 3.63) is 35.4 Å². The Morgan fingerprint density at radius 3 is 2.26 bits per heavy atom. The Hall–Kier alpha value is -1.00. The largest absolute Gasteiger partial charge is 0.370 e. The van der Waals surface area contributed by atoms with E-state index < -0.39 is 11.6 Å². The van der Waals surface area contributed by atoms with Gasteiger partial charge in [-0.1, -0.05) is 27.7 Å². The Bertz CT molecular complexity index is 593. The number of hydrogen-bond acceptors (Lipinski definition) is 2. The molecule has 0 saturated carbocycles. The SMILES string of the molecule is CC(C)[C@@]12CC[C@@](C)(O1)[C@@H](OCc1cc(F)cc(F)c1)C2(C)C. The van der Waals surface area contributed by atoms with E-state index in [4.69, 9.17) is 9.47 Å². The first-order valence-electron chi connectivity index (χ1n) is 8.37. The van der Waals surface area contributed by atoms with E-state index in [9.17, 15) is 8.78 Å². The van der Waals surface area contributed by atoms with Gasteiger partial charge >= 0.3 is 0 Å². The molecule has 2 aliphatic rings. The minimum absolute atomic E-state index is 0.0996. The normalized spacial score (nSPS) is 35.2. The van der Waals surface area contributed by atoms with Crippen molar-refractivity contribution in [1.29, 1.82) is 0 Å². The van der Waals surface area contributed by atoms with Gasteiger partial charge < -0.3 is 9.47 Å². The summed E-state index contributed by atoms with van der Waals surface area (Å²) < 4.78 is 39.4. The van der Waals surface area contributed by atoms with Crippen molar-refractivity contribution in [2.24, 2.45) is 11.3 Å². The van der Waals surface area contributed by atoms with Crippen LogP contribution >= 0.6 is 0 Å². The topological polar surface area (TPSA) is 18.5 Å². The summed E-state index contributed by atoms with van der Waals surface area (Å²) in [6.45, 7) is 11.1. The summed E-state index contributed by atoms with van der Waals surface area (Å²) in [5, 5.41) is 0. The fourth-order valence-corrected chi connectivity index (χ4v) is 4.98. The molecule has 4 heteroatoms. The molecule has 2 bridgehead atoms. The average Bonchev–Trinajstić information content (AvgIpc) is 2.84. The number of benzene rings is 1. The van der Waals surface area contributed by atoms with Crippen molar-refractivity contribution in [2.75, 3.05) is 0 Å².